The summed E-state index contributed by atoms with van der Waals surface area (Å²) in [4.78, 5) is 13.8. The highest BCUT2D eigenvalue weighted by molar-refractivity contribution is 5.92. The number of aliphatic hydroxyl groups excluding tert-OH is 1. The van der Waals surface area contributed by atoms with Crippen LogP contribution in [0.5, 0.6) is 0 Å². The molecule has 1 amide bonds. The first-order valence-corrected chi connectivity index (χ1v) is 5.47. The van der Waals surface area contributed by atoms with E-state index >= 15 is 0 Å². The van der Waals surface area contributed by atoms with Gasteiger partial charge in [-0.1, -0.05) is 0 Å². The predicted octanol–water partition coefficient (Wildman–Crippen LogP) is 0.653. The molecule has 1 aromatic heterocycles. The van der Waals surface area contributed by atoms with Crippen LogP contribution in [-0.4, -0.2) is 44.9 Å². The Balaban J connectivity index is 2.74. The number of carbonyl (C=O) groups is 1. The Morgan fingerprint density at radius 1 is 1.62 bits per heavy atom. The van der Waals surface area contributed by atoms with Crippen LogP contribution in [0.1, 0.15) is 30.8 Å². The van der Waals surface area contributed by atoms with Crippen molar-refractivity contribution in [2.24, 2.45) is 7.05 Å². The first-order chi connectivity index (χ1) is 7.56. The lowest BCUT2D eigenvalue weighted by atomic mass is 10.2. The summed E-state index contributed by atoms with van der Waals surface area (Å²) in [7, 11) is 1.78. The van der Waals surface area contributed by atoms with Gasteiger partial charge in [0.1, 0.15) is 5.69 Å². The first kappa shape index (κ1) is 12.7. The van der Waals surface area contributed by atoms with E-state index in [1.54, 1.807) is 28.9 Å². The van der Waals surface area contributed by atoms with E-state index in [4.69, 9.17) is 5.11 Å². The van der Waals surface area contributed by atoms with Gasteiger partial charge in [-0.15, -0.1) is 0 Å². The van der Waals surface area contributed by atoms with Crippen LogP contribution in [0, 0.1) is 0 Å². The van der Waals surface area contributed by atoms with E-state index in [0.29, 0.717) is 18.7 Å². The highest BCUT2D eigenvalue weighted by Crippen LogP contribution is 2.07. The molecule has 0 saturated carbocycles. The van der Waals surface area contributed by atoms with Crippen molar-refractivity contribution in [1.82, 2.24) is 14.7 Å². The Morgan fingerprint density at radius 2 is 2.31 bits per heavy atom. The van der Waals surface area contributed by atoms with Gasteiger partial charge >= 0.3 is 0 Å². The van der Waals surface area contributed by atoms with Crippen LogP contribution in [0.15, 0.2) is 12.3 Å². The fourth-order valence-electron chi connectivity index (χ4n) is 1.51. The predicted molar refractivity (Wildman–Crippen MR) is 61.1 cm³/mol. The second-order valence-electron chi connectivity index (χ2n) is 4.04. The van der Waals surface area contributed by atoms with E-state index in [1.807, 2.05) is 13.8 Å². The molecule has 5 nitrogen and oxygen atoms in total. The number of hydrogen-bond donors (Lipinski definition) is 1. The Morgan fingerprint density at radius 3 is 2.75 bits per heavy atom. The molecule has 0 aromatic carbocycles. The molecule has 0 spiro atoms. The number of aliphatic hydroxyl groups is 1. The van der Waals surface area contributed by atoms with Gasteiger partial charge in [0.2, 0.25) is 0 Å². The number of nitrogens with zero attached hydrogens (tertiary/aromatic N) is 3. The number of aryl methyl sites for hydroxylation is 1. The molecule has 0 aliphatic carbocycles. The zero-order valence-electron chi connectivity index (χ0n) is 10.1. The fourth-order valence-corrected chi connectivity index (χ4v) is 1.51. The minimum Gasteiger partial charge on any atom is -0.396 e. The second-order valence-corrected chi connectivity index (χ2v) is 4.04. The van der Waals surface area contributed by atoms with Crippen LogP contribution in [-0.2, 0) is 7.05 Å². The molecule has 1 N–H and O–H groups in total. The van der Waals surface area contributed by atoms with Gasteiger partial charge in [0.15, 0.2) is 0 Å². The largest absolute Gasteiger partial charge is 0.396 e. The quantitative estimate of drug-likeness (QED) is 0.800. The van der Waals surface area contributed by atoms with Gasteiger partial charge in [0.25, 0.3) is 5.91 Å². The number of carbonyl (C=O) groups excluding carboxylic acids is 1. The minimum absolute atomic E-state index is 0.0796. The van der Waals surface area contributed by atoms with Gasteiger partial charge in [0.05, 0.1) is 0 Å². The van der Waals surface area contributed by atoms with E-state index in [2.05, 4.69) is 5.10 Å². The zero-order valence-corrected chi connectivity index (χ0v) is 10.1. The highest BCUT2D eigenvalue weighted by atomic mass is 16.3. The molecule has 90 valence electrons. The van der Waals surface area contributed by atoms with Crippen LogP contribution < -0.4 is 0 Å². The average molecular weight is 225 g/mol. The number of hydrogen-bond acceptors (Lipinski definition) is 3. The lowest BCUT2D eigenvalue weighted by molar-refractivity contribution is 0.0686. The monoisotopic (exact) mass is 225 g/mol. The van der Waals surface area contributed by atoms with E-state index in [1.165, 1.54) is 0 Å². The normalized spacial score (nSPS) is 10.8. The molecular weight excluding hydrogens is 206 g/mol. The molecular formula is C11H19N3O2. The molecule has 0 bridgehead atoms. The van der Waals surface area contributed by atoms with Crippen molar-refractivity contribution in [2.75, 3.05) is 13.2 Å². The maximum absolute atomic E-state index is 12.1. The summed E-state index contributed by atoms with van der Waals surface area (Å²) in [6.07, 6.45) is 2.34. The molecule has 0 atom stereocenters. The second kappa shape index (κ2) is 5.65. The summed E-state index contributed by atoms with van der Waals surface area (Å²) in [5.74, 6) is -0.0796. The van der Waals surface area contributed by atoms with Crippen molar-refractivity contribution in [1.29, 1.82) is 0 Å². The third kappa shape index (κ3) is 3.06. The lowest BCUT2D eigenvalue weighted by Gasteiger charge is -2.25. The fraction of sp³-hybridized carbons (Fsp3) is 0.636. The topological polar surface area (TPSA) is 58.4 Å². The number of aromatic nitrogens is 2. The zero-order chi connectivity index (χ0) is 12.1. The van der Waals surface area contributed by atoms with Crippen LogP contribution in [0.3, 0.4) is 0 Å². The standard InChI is InChI=1S/C11H19N3O2/c1-9(2)14(6-4-8-15)11(16)10-5-7-13(3)12-10/h5,7,9,15H,4,6,8H2,1-3H3. The molecule has 1 aromatic rings. The van der Waals surface area contributed by atoms with Crippen molar-refractivity contribution < 1.29 is 9.90 Å². The highest BCUT2D eigenvalue weighted by Gasteiger charge is 2.19. The average Bonchev–Trinajstić information content (AvgIpc) is 2.64. The van der Waals surface area contributed by atoms with Gasteiger partial charge in [-0.2, -0.15) is 5.10 Å². The van der Waals surface area contributed by atoms with Crippen LogP contribution in [0.25, 0.3) is 0 Å². The Bertz CT molecular complexity index is 347. The van der Waals surface area contributed by atoms with Crippen molar-refractivity contribution in [3.05, 3.63) is 18.0 Å². The summed E-state index contributed by atoms with van der Waals surface area (Å²) in [6.45, 7) is 4.57. The summed E-state index contributed by atoms with van der Waals surface area (Å²) >= 11 is 0. The molecule has 0 unspecified atom stereocenters. The summed E-state index contributed by atoms with van der Waals surface area (Å²) in [6, 6.07) is 1.82. The molecule has 1 rings (SSSR count). The third-order valence-electron chi connectivity index (χ3n) is 2.37. The number of amides is 1. The number of rotatable bonds is 5. The molecule has 0 aliphatic rings. The molecule has 16 heavy (non-hydrogen) atoms. The van der Waals surface area contributed by atoms with Crippen molar-refractivity contribution >= 4 is 5.91 Å². The van der Waals surface area contributed by atoms with Gasteiger partial charge < -0.3 is 10.0 Å². The van der Waals surface area contributed by atoms with Crippen molar-refractivity contribution in [2.45, 2.75) is 26.3 Å². The van der Waals surface area contributed by atoms with Crippen LogP contribution in [0.4, 0.5) is 0 Å². The van der Waals surface area contributed by atoms with Crippen molar-refractivity contribution in [3.63, 3.8) is 0 Å². The maximum atomic E-state index is 12.1. The van der Waals surface area contributed by atoms with Gasteiger partial charge in [-0.05, 0) is 26.3 Å². The van der Waals surface area contributed by atoms with Gasteiger partial charge in [0, 0.05) is 32.4 Å². The SMILES string of the molecule is CC(C)N(CCCO)C(=O)c1ccn(C)n1. The van der Waals surface area contributed by atoms with Gasteiger partial charge in [-0.3, -0.25) is 9.48 Å². The Kier molecular flexibility index (Phi) is 4.49. The van der Waals surface area contributed by atoms with Crippen LogP contribution in [0.2, 0.25) is 0 Å². The molecule has 5 heteroatoms. The lowest BCUT2D eigenvalue weighted by Crippen LogP contribution is -2.38. The molecule has 0 fully saturated rings. The van der Waals surface area contributed by atoms with Gasteiger partial charge in [-0.25, -0.2) is 0 Å². The minimum atomic E-state index is -0.0796. The molecule has 1 heterocycles. The maximum Gasteiger partial charge on any atom is 0.274 e. The van der Waals surface area contributed by atoms with E-state index in [9.17, 15) is 4.79 Å². The first-order valence-electron chi connectivity index (χ1n) is 5.47. The Labute approximate surface area is 95.7 Å². The molecule has 0 radical (unpaired) electrons. The summed E-state index contributed by atoms with van der Waals surface area (Å²) in [5.41, 5.74) is 0.453. The van der Waals surface area contributed by atoms with E-state index < -0.39 is 0 Å². The van der Waals surface area contributed by atoms with E-state index in [-0.39, 0.29) is 18.6 Å². The molecule has 0 aliphatic heterocycles. The smallest absolute Gasteiger partial charge is 0.274 e. The van der Waals surface area contributed by atoms with Crippen LogP contribution >= 0.6 is 0 Å². The van der Waals surface area contributed by atoms with Crippen molar-refractivity contribution in [3.8, 4) is 0 Å². The Hall–Kier alpha value is -1.36. The van der Waals surface area contributed by atoms with E-state index in [0.717, 1.165) is 0 Å². The summed E-state index contributed by atoms with van der Waals surface area (Å²) < 4.78 is 1.61. The summed E-state index contributed by atoms with van der Waals surface area (Å²) in [5, 5.41) is 12.9. The third-order valence-corrected chi connectivity index (χ3v) is 2.37. The molecule has 0 saturated heterocycles.